The van der Waals surface area contributed by atoms with E-state index >= 15 is 0 Å². The number of carbonyl (C=O) groups is 2. The van der Waals surface area contributed by atoms with E-state index in [0.29, 0.717) is 5.56 Å². The average Bonchev–Trinajstić information content (AvgIpc) is 3.07. The van der Waals surface area contributed by atoms with E-state index in [0.717, 1.165) is 0 Å². The van der Waals surface area contributed by atoms with Crippen LogP contribution in [0.1, 0.15) is 30.0 Å². The number of benzene rings is 1. The van der Waals surface area contributed by atoms with Crippen molar-refractivity contribution in [3.63, 3.8) is 0 Å². The Morgan fingerprint density at radius 1 is 1.19 bits per heavy atom. The maximum atomic E-state index is 12.6. The molecule has 1 aromatic carbocycles. The number of rotatable bonds is 6. The highest BCUT2D eigenvalue weighted by atomic mass is 32.2. The molecule has 8 nitrogen and oxygen atoms in total. The molecule has 0 bridgehead atoms. The number of carbonyl (C=O) groups excluding carboxylic acids is 2. The van der Waals surface area contributed by atoms with Crippen LogP contribution in [0, 0.1) is 12.8 Å². The van der Waals surface area contributed by atoms with Crippen LogP contribution in [0.3, 0.4) is 0 Å². The molecule has 1 atom stereocenters. The summed E-state index contributed by atoms with van der Waals surface area (Å²) in [5, 5.41) is 10.4. The molecule has 0 aliphatic carbocycles. The van der Waals surface area contributed by atoms with Crippen LogP contribution in [-0.4, -0.2) is 26.3 Å². The molecule has 2 rings (SSSR count). The van der Waals surface area contributed by atoms with Crippen molar-refractivity contribution in [3.05, 3.63) is 47.9 Å². The van der Waals surface area contributed by atoms with Crippen molar-refractivity contribution < 1.29 is 22.4 Å². The highest BCUT2D eigenvalue weighted by Gasteiger charge is 2.26. The summed E-state index contributed by atoms with van der Waals surface area (Å²) in [6, 6.07) is 6.61. The number of amides is 2. The van der Waals surface area contributed by atoms with Crippen molar-refractivity contribution >= 4 is 27.5 Å². The average molecular weight is 379 g/mol. The molecule has 0 aliphatic heterocycles. The van der Waals surface area contributed by atoms with Crippen LogP contribution in [0.2, 0.25) is 0 Å². The third kappa shape index (κ3) is 4.70. The molecule has 0 fully saturated rings. The Kier molecular flexibility index (Phi) is 5.83. The lowest BCUT2D eigenvalue weighted by molar-refractivity contribution is -0.118. The van der Waals surface area contributed by atoms with Crippen molar-refractivity contribution in [2.45, 2.75) is 31.7 Å². The minimum absolute atomic E-state index is 0.0731. The summed E-state index contributed by atoms with van der Waals surface area (Å²) < 4.78 is 28.2. The van der Waals surface area contributed by atoms with Gasteiger partial charge in [-0.2, -0.15) is 0 Å². The first-order valence-corrected chi connectivity index (χ1v) is 9.43. The zero-order valence-electron chi connectivity index (χ0n) is 14.6. The van der Waals surface area contributed by atoms with Crippen LogP contribution in [0.4, 0.5) is 5.69 Å². The smallest absolute Gasteiger partial charge is 0.287 e. The van der Waals surface area contributed by atoms with Gasteiger partial charge in [0.15, 0.2) is 5.76 Å². The van der Waals surface area contributed by atoms with E-state index in [4.69, 9.17) is 9.56 Å². The summed E-state index contributed by atoms with van der Waals surface area (Å²) in [5.74, 6) is -1.12. The van der Waals surface area contributed by atoms with Crippen LogP contribution in [0.25, 0.3) is 0 Å². The van der Waals surface area contributed by atoms with Gasteiger partial charge < -0.3 is 15.1 Å². The first-order chi connectivity index (χ1) is 12.1. The third-order valence-electron chi connectivity index (χ3n) is 3.74. The monoisotopic (exact) mass is 379 g/mol. The highest BCUT2D eigenvalue weighted by Crippen LogP contribution is 2.19. The number of sulfonamides is 1. The van der Waals surface area contributed by atoms with E-state index < -0.39 is 27.9 Å². The topological polar surface area (TPSA) is 132 Å². The number of nitrogens with one attached hydrogen (secondary N) is 2. The molecule has 0 radical (unpaired) electrons. The predicted octanol–water partition coefficient (Wildman–Crippen LogP) is 1.63. The lowest BCUT2D eigenvalue weighted by atomic mass is 10.0. The highest BCUT2D eigenvalue weighted by molar-refractivity contribution is 7.89. The number of nitrogens with two attached hydrogens (primary N) is 1. The molecule has 140 valence electrons. The van der Waals surface area contributed by atoms with Gasteiger partial charge in [-0.3, -0.25) is 9.59 Å². The molecule has 26 heavy (non-hydrogen) atoms. The van der Waals surface area contributed by atoms with E-state index in [9.17, 15) is 18.0 Å². The number of furan rings is 1. The van der Waals surface area contributed by atoms with Crippen molar-refractivity contribution in [2.75, 3.05) is 5.32 Å². The minimum atomic E-state index is -3.91. The zero-order chi connectivity index (χ0) is 19.5. The van der Waals surface area contributed by atoms with Gasteiger partial charge in [0.05, 0.1) is 11.2 Å². The lowest BCUT2D eigenvalue weighted by Gasteiger charge is -2.21. The van der Waals surface area contributed by atoms with Gasteiger partial charge >= 0.3 is 0 Å². The van der Waals surface area contributed by atoms with Crippen LogP contribution in [0.5, 0.6) is 0 Å². The molecule has 9 heteroatoms. The number of primary sulfonamides is 1. The molecule has 1 aromatic heterocycles. The van der Waals surface area contributed by atoms with Gasteiger partial charge in [0.25, 0.3) is 5.91 Å². The molecule has 1 heterocycles. The van der Waals surface area contributed by atoms with Crippen LogP contribution >= 0.6 is 0 Å². The van der Waals surface area contributed by atoms with Gasteiger partial charge in [-0.1, -0.05) is 19.9 Å². The van der Waals surface area contributed by atoms with E-state index in [1.807, 2.05) is 0 Å². The Morgan fingerprint density at radius 3 is 2.42 bits per heavy atom. The molecule has 2 amide bonds. The quantitative estimate of drug-likeness (QED) is 0.702. The number of anilines is 1. The predicted molar refractivity (Wildman–Crippen MR) is 96.0 cm³/mol. The Balaban J connectivity index is 2.19. The SMILES string of the molecule is Cc1ccc(NC(=O)[C@@H](NC(=O)c2ccco2)C(C)C)cc1S(N)(=O)=O. The van der Waals surface area contributed by atoms with Gasteiger partial charge in [-0.15, -0.1) is 0 Å². The second kappa shape index (κ2) is 7.71. The largest absolute Gasteiger partial charge is 0.459 e. The van der Waals surface area contributed by atoms with E-state index in [-0.39, 0.29) is 22.3 Å². The molecule has 0 aliphatic rings. The lowest BCUT2D eigenvalue weighted by Crippen LogP contribution is -2.47. The summed E-state index contributed by atoms with van der Waals surface area (Å²) in [6.07, 6.45) is 1.36. The fourth-order valence-electron chi connectivity index (χ4n) is 2.36. The fraction of sp³-hybridized carbons (Fsp3) is 0.294. The van der Waals surface area contributed by atoms with Crippen LogP contribution < -0.4 is 15.8 Å². The summed E-state index contributed by atoms with van der Waals surface area (Å²) in [6.45, 7) is 5.15. The van der Waals surface area contributed by atoms with Gasteiger partial charge in [0, 0.05) is 5.69 Å². The van der Waals surface area contributed by atoms with E-state index in [2.05, 4.69) is 10.6 Å². The van der Waals surface area contributed by atoms with Crippen molar-refractivity contribution in [3.8, 4) is 0 Å². The van der Waals surface area contributed by atoms with Crippen LogP contribution in [-0.2, 0) is 14.8 Å². The Hall–Kier alpha value is -2.65. The molecule has 0 spiro atoms. The number of aryl methyl sites for hydroxylation is 1. The van der Waals surface area contributed by atoms with Gasteiger partial charge in [-0.25, -0.2) is 13.6 Å². The third-order valence-corrected chi connectivity index (χ3v) is 4.80. The Labute approximate surface area is 151 Å². The molecule has 0 saturated heterocycles. The molecule has 4 N–H and O–H groups in total. The normalized spacial score (nSPS) is 12.7. The number of hydrogen-bond acceptors (Lipinski definition) is 5. The summed E-state index contributed by atoms with van der Waals surface area (Å²) in [7, 11) is -3.91. The first-order valence-electron chi connectivity index (χ1n) is 7.88. The molecular formula is C17H21N3O5S. The van der Waals surface area contributed by atoms with Gasteiger partial charge in [0.2, 0.25) is 15.9 Å². The van der Waals surface area contributed by atoms with Crippen molar-refractivity contribution in [1.82, 2.24) is 5.32 Å². The second-order valence-electron chi connectivity index (χ2n) is 6.19. The first kappa shape index (κ1) is 19.7. The summed E-state index contributed by atoms with van der Waals surface area (Å²) in [4.78, 5) is 24.6. The maximum Gasteiger partial charge on any atom is 0.287 e. The van der Waals surface area contributed by atoms with Crippen molar-refractivity contribution in [1.29, 1.82) is 0 Å². The van der Waals surface area contributed by atoms with E-state index in [1.54, 1.807) is 39.0 Å². The number of hydrogen-bond donors (Lipinski definition) is 3. The zero-order valence-corrected chi connectivity index (χ0v) is 15.5. The van der Waals surface area contributed by atoms with Crippen molar-refractivity contribution in [2.24, 2.45) is 11.1 Å². The Morgan fingerprint density at radius 2 is 1.88 bits per heavy atom. The summed E-state index contributed by atoms with van der Waals surface area (Å²) >= 11 is 0. The Bertz CT molecular complexity index is 904. The minimum Gasteiger partial charge on any atom is -0.459 e. The molecule has 2 aromatic rings. The maximum absolute atomic E-state index is 12.6. The van der Waals surface area contributed by atoms with Gasteiger partial charge in [0.1, 0.15) is 6.04 Å². The standard InChI is InChI=1S/C17H21N3O5S/c1-10(2)15(20-16(21)13-5-4-8-25-13)17(22)19-12-7-6-11(3)14(9-12)26(18,23)24/h4-10,15H,1-3H3,(H,19,22)(H,20,21)(H2,18,23,24)/t15-/m0/s1. The van der Waals surface area contributed by atoms with E-state index in [1.165, 1.54) is 18.4 Å². The summed E-state index contributed by atoms with van der Waals surface area (Å²) in [5.41, 5.74) is 0.736. The molecule has 0 saturated carbocycles. The molecular weight excluding hydrogens is 358 g/mol. The second-order valence-corrected chi connectivity index (χ2v) is 7.72. The fourth-order valence-corrected chi connectivity index (χ4v) is 3.17. The van der Waals surface area contributed by atoms with Crippen LogP contribution in [0.15, 0.2) is 45.9 Å². The molecule has 0 unspecified atom stereocenters. The van der Waals surface area contributed by atoms with Gasteiger partial charge in [-0.05, 0) is 42.7 Å².